The molecule has 0 aromatic carbocycles. The van der Waals surface area contributed by atoms with Gasteiger partial charge >= 0.3 is 0 Å². The van der Waals surface area contributed by atoms with Gasteiger partial charge in [-0.1, -0.05) is 30.9 Å². The van der Waals surface area contributed by atoms with Crippen LogP contribution in [0.25, 0.3) is 0 Å². The molecule has 0 fully saturated rings. The van der Waals surface area contributed by atoms with Crippen molar-refractivity contribution in [1.82, 2.24) is 0 Å². The van der Waals surface area contributed by atoms with Gasteiger partial charge in [0.25, 0.3) is 0 Å². The van der Waals surface area contributed by atoms with Gasteiger partial charge in [0.15, 0.2) is 0 Å². The third-order valence-electron chi connectivity index (χ3n) is 1.22. The molecule has 10 heavy (non-hydrogen) atoms. The van der Waals surface area contributed by atoms with Crippen LogP contribution in [-0.4, -0.2) is 10.7 Å². The van der Waals surface area contributed by atoms with Crippen molar-refractivity contribution in [2.24, 2.45) is 0 Å². The molecule has 0 bridgehead atoms. The molecule has 2 heteroatoms. The van der Waals surface area contributed by atoms with Crippen LogP contribution in [-0.2, 0) is 0 Å². The number of hydrogen-bond acceptors (Lipinski definition) is 1. The second-order valence-corrected chi connectivity index (χ2v) is 2.36. The molecule has 0 saturated heterocycles. The first-order valence-corrected chi connectivity index (χ1v) is 3.60. The highest BCUT2D eigenvalue weighted by molar-refractivity contribution is 6.25. The van der Waals surface area contributed by atoms with E-state index in [0.29, 0.717) is 6.42 Å². The molecule has 1 atom stereocenters. The number of hydrogen-bond donors (Lipinski definition) is 1. The lowest BCUT2D eigenvalue weighted by molar-refractivity contribution is 0.142. The summed E-state index contributed by atoms with van der Waals surface area (Å²) < 4.78 is 0. The molecule has 0 aliphatic carbocycles. The van der Waals surface area contributed by atoms with Crippen LogP contribution < -0.4 is 0 Å². The Bertz CT molecular complexity index is 157. The highest BCUT2D eigenvalue weighted by Gasteiger charge is 2.17. The van der Waals surface area contributed by atoms with Crippen molar-refractivity contribution in [3.63, 3.8) is 0 Å². The van der Waals surface area contributed by atoms with Crippen molar-refractivity contribution in [3.8, 4) is 12.3 Å². The SMILES string of the molecule is C#CC(O)(/C=C/Cl)CCC. The molecule has 0 aromatic rings. The van der Waals surface area contributed by atoms with E-state index < -0.39 is 5.60 Å². The van der Waals surface area contributed by atoms with Gasteiger partial charge in [-0.05, 0) is 12.5 Å². The van der Waals surface area contributed by atoms with Gasteiger partial charge in [0, 0.05) is 5.54 Å². The Kier molecular flexibility index (Phi) is 4.18. The fraction of sp³-hybridized carbons (Fsp3) is 0.500. The maximum Gasteiger partial charge on any atom is 0.144 e. The van der Waals surface area contributed by atoms with E-state index in [1.54, 1.807) is 0 Å². The van der Waals surface area contributed by atoms with Crippen LogP contribution in [0, 0.1) is 12.3 Å². The minimum atomic E-state index is -1.14. The van der Waals surface area contributed by atoms with E-state index >= 15 is 0 Å². The van der Waals surface area contributed by atoms with Crippen LogP contribution in [0.5, 0.6) is 0 Å². The second-order valence-electron chi connectivity index (χ2n) is 2.11. The van der Waals surface area contributed by atoms with E-state index in [9.17, 15) is 5.11 Å². The quantitative estimate of drug-likeness (QED) is 0.623. The molecule has 0 radical (unpaired) electrons. The molecule has 0 rings (SSSR count). The summed E-state index contributed by atoms with van der Waals surface area (Å²) in [5.74, 6) is 2.26. The Labute approximate surface area is 66.7 Å². The summed E-state index contributed by atoms with van der Waals surface area (Å²) in [6.45, 7) is 1.95. The van der Waals surface area contributed by atoms with Gasteiger partial charge < -0.3 is 5.11 Å². The predicted molar refractivity (Wildman–Crippen MR) is 43.7 cm³/mol. The molecule has 1 unspecified atom stereocenters. The number of aliphatic hydroxyl groups is 1. The Morgan fingerprint density at radius 3 is 2.70 bits per heavy atom. The average molecular weight is 159 g/mol. The van der Waals surface area contributed by atoms with Gasteiger partial charge in [0.2, 0.25) is 0 Å². The monoisotopic (exact) mass is 158 g/mol. The van der Waals surface area contributed by atoms with Crippen LogP contribution in [0.15, 0.2) is 11.6 Å². The normalized spacial score (nSPS) is 16.6. The van der Waals surface area contributed by atoms with E-state index in [4.69, 9.17) is 18.0 Å². The summed E-state index contributed by atoms with van der Waals surface area (Å²) >= 11 is 5.26. The maximum atomic E-state index is 9.41. The van der Waals surface area contributed by atoms with Crippen molar-refractivity contribution in [2.45, 2.75) is 25.4 Å². The van der Waals surface area contributed by atoms with Gasteiger partial charge in [-0.15, -0.1) is 6.42 Å². The van der Waals surface area contributed by atoms with E-state index in [2.05, 4.69) is 5.92 Å². The number of rotatable bonds is 3. The van der Waals surface area contributed by atoms with Crippen molar-refractivity contribution in [2.75, 3.05) is 0 Å². The summed E-state index contributed by atoms with van der Waals surface area (Å²) in [6, 6.07) is 0. The summed E-state index contributed by atoms with van der Waals surface area (Å²) in [5, 5.41) is 9.41. The zero-order valence-corrected chi connectivity index (χ0v) is 6.73. The fourth-order valence-corrected chi connectivity index (χ4v) is 0.897. The van der Waals surface area contributed by atoms with Crippen LogP contribution in [0.2, 0.25) is 0 Å². The van der Waals surface area contributed by atoms with Gasteiger partial charge in [0.1, 0.15) is 5.60 Å². The van der Waals surface area contributed by atoms with Crippen molar-refractivity contribution in [1.29, 1.82) is 0 Å². The first-order valence-electron chi connectivity index (χ1n) is 3.16. The van der Waals surface area contributed by atoms with Crippen molar-refractivity contribution in [3.05, 3.63) is 11.6 Å². The Morgan fingerprint density at radius 2 is 2.40 bits per heavy atom. The molecule has 0 amide bonds. The number of halogens is 1. The standard InChI is InChI=1S/C8H11ClO/c1-3-5-8(10,4-2)6-7-9/h2,6-7,10H,3,5H2,1H3/b7-6+. The Hall–Kier alpha value is -0.450. The second kappa shape index (κ2) is 4.38. The van der Waals surface area contributed by atoms with Gasteiger partial charge in [-0.2, -0.15) is 0 Å². The van der Waals surface area contributed by atoms with Crippen LogP contribution in [0.4, 0.5) is 0 Å². The lowest BCUT2D eigenvalue weighted by atomic mass is 10.00. The summed E-state index contributed by atoms with van der Waals surface area (Å²) in [4.78, 5) is 0. The first kappa shape index (κ1) is 9.55. The maximum absolute atomic E-state index is 9.41. The zero-order chi connectivity index (χ0) is 8.04. The topological polar surface area (TPSA) is 20.2 Å². The third kappa shape index (κ3) is 2.91. The van der Waals surface area contributed by atoms with Gasteiger partial charge in [-0.3, -0.25) is 0 Å². The zero-order valence-electron chi connectivity index (χ0n) is 5.97. The minimum Gasteiger partial charge on any atom is -0.374 e. The average Bonchev–Trinajstić information content (AvgIpc) is 1.89. The van der Waals surface area contributed by atoms with Crippen LogP contribution >= 0.6 is 11.6 Å². The van der Waals surface area contributed by atoms with E-state index in [1.807, 2.05) is 6.92 Å². The smallest absolute Gasteiger partial charge is 0.144 e. The van der Waals surface area contributed by atoms with Crippen LogP contribution in [0.1, 0.15) is 19.8 Å². The molecule has 56 valence electrons. The molecule has 1 nitrogen and oxygen atoms in total. The highest BCUT2D eigenvalue weighted by Crippen LogP contribution is 2.13. The van der Waals surface area contributed by atoms with Gasteiger partial charge in [-0.25, -0.2) is 0 Å². The lowest BCUT2D eigenvalue weighted by Crippen LogP contribution is -2.22. The molecular weight excluding hydrogens is 148 g/mol. The summed E-state index contributed by atoms with van der Waals surface area (Å²) in [6.07, 6.45) is 7.87. The molecule has 0 heterocycles. The molecule has 0 spiro atoms. The van der Waals surface area contributed by atoms with E-state index in [-0.39, 0.29) is 0 Å². The van der Waals surface area contributed by atoms with Gasteiger partial charge in [0.05, 0.1) is 0 Å². The fourth-order valence-electron chi connectivity index (χ4n) is 0.689. The first-order chi connectivity index (χ1) is 4.68. The highest BCUT2D eigenvalue weighted by atomic mass is 35.5. The Morgan fingerprint density at radius 1 is 1.80 bits per heavy atom. The van der Waals surface area contributed by atoms with E-state index in [0.717, 1.165) is 6.42 Å². The molecule has 0 aliphatic rings. The minimum absolute atomic E-state index is 0.548. The molecule has 0 aliphatic heterocycles. The predicted octanol–water partition coefficient (Wildman–Crippen LogP) is 1.90. The number of terminal acetylenes is 1. The summed E-state index contributed by atoms with van der Waals surface area (Å²) in [5.41, 5.74) is 0.103. The third-order valence-corrected chi connectivity index (χ3v) is 1.35. The molecular formula is C8H11ClO. The molecule has 1 N–H and O–H groups in total. The van der Waals surface area contributed by atoms with Crippen molar-refractivity contribution >= 4 is 11.6 Å². The van der Waals surface area contributed by atoms with Crippen molar-refractivity contribution < 1.29 is 5.11 Å². The molecule has 0 aromatic heterocycles. The Balaban J connectivity index is 4.12. The van der Waals surface area contributed by atoms with E-state index in [1.165, 1.54) is 11.6 Å². The van der Waals surface area contributed by atoms with Crippen LogP contribution in [0.3, 0.4) is 0 Å². The lowest BCUT2D eigenvalue weighted by Gasteiger charge is -2.15. The summed E-state index contributed by atoms with van der Waals surface area (Å²) in [7, 11) is 0. The molecule has 0 saturated carbocycles. The largest absolute Gasteiger partial charge is 0.374 e.